The van der Waals surface area contributed by atoms with E-state index in [1.54, 1.807) is 0 Å². The molecule has 1 aromatic carbocycles. The maximum Gasteiger partial charge on any atom is 0.291 e. The molecule has 1 saturated heterocycles. The van der Waals surface area contributed by atoms with Crippen molar-refractivity contribution in [3.05, 3.63) is 46.5 Å². The number of nitrogens with zero attached hydrogens (tertiary/aromatic N) is 3. The third-order valence-electron chi connectivity index (χ3n) is 5.90. The van der Waals surface area contributed by atoms with Gasteiger partial charge in [0.15, 0.2) is 5.82 Å². The van der Waals surface area contributed by atoms with Crippen molar-refractivity contribution in [3.63, 3.8) is 0 Å². The number of para-hydroxylation sites is 1. The molecule has 148 valence electrons. The van der Waals surface area contributed by atoms with Gasteiger partial charge in [0.25, 0.3) is 11.8 Å². The lowest BCUT2D eigenvalue weighted by Gasteiger charge is -2.19. The van der Waals surface area contributed by atoms with Crippen LogP contribution in [0.25, 0.3) is 0 Å². The van der Waals surface area contributed by atoms with Gasteiger partial charge in [0.05, 0.1) is 5.69 Å². The van der Waals surface area contributed by atoms with Gasteiger partial charge in [0.2, 0.25) is 0 Å². The number of aromatic nitrogens is 2. The molecule has 4 rings (SSSR count). The SMILES string of the molecule is CCc1cccc(C)c1NC(=O)c1nc(C(=O)N2CCCC2)c2n1CCCC2. The first-order valence-corrected chi connectivity index (χ1v) is 10.4. The number of anilines is 1. The van der Waals surface area contributed by atoms with Gasteiger partial charge in [-0.25, -0.2) is 4.98 Å². The Kier molecular flexibility index (Phi) is 5.20. The number of carbonyl (C=O) groups excluding carboxylic acids is 2. The fourth-order valence-corrected chi connectivity index (χ4v) is 4.33. The summed E-state index contributed by atoms with van der Waals surface area (Å²) in [5.41, 5.74) is 4.40. The minimum atomic E-state index is -0.229. The Hall–Kier alpha value is -2.63. The minimum absolute atomic E-state index is 0.0210. The van der Waals surface area contributed by atoms with Gasteiger partial charge in [0, 0.05) is 25.3 Å². The topological polar surface area (TPSA) is 67.2 Å². The molecule has 2 aliphatic rings. The molecule has 0 spiro atoms. The van der Waals surface area contributed by atoms with E-state index in [1.807, 2.05) is 34.6 Å². The highest BCUT2D eigenvalue weighted by molar-refractivity contribution is 6.04. The Labute approximate surface area is 165 Å². The monoisotopic (exact) mass is 380 g/mol. The van der Waals surface area contributed by atoms with E-state index in [2.05, 4.69) is 17.2 Å². The van der Waals surface area contributed by atoms with Gasteiger partial charge in [0.1, 0.15) is 5.69 Å². The standard InChI is InChI=1S/C22H28N4O2/c1-3-16-10-8-9-15(2)18(16)24-21(27)20-23-19(17-11-4-5-14-26(17)20)22(28)25-12-6-7-13-25/h8-10H,3-7,11-14H2,1-2H3,(H,24,27). The van der Waals surface area contributed by atoms with Gasteiger partial charge in [-0.2, -0.15) is 0 Å². The molecule has 0 unspecified atom stereocenters. The first-order chi connectivity index (χ1) is 13.6. The summed E-state index contributed by atoms with van der Waals surface area (Å²) in [7, 11) is 0. The molecule has 1 fully saturated rings. The Morgan fingerprint density at radius 3 is 2.61 bits per heavy atom. The van der Waals surface area contributed by atoms with Crippen molar-refractivity contribution < 1.29 is 9.59 Å². The molecular formula is C22H28N4O2. The van der Waals surface area contributed by atoms with Crippen LogP contribution in [0.4, 0.5) is 5.69 Å². The first kappa shape index (κ1) is 18.7. The van der Waals surface area contributed by atoms with E-state index in [0.29, 0.717) is 11.5 Å². The summed E-state index contributed by atoms with van der Waals surface area (Å²) in [4.78, 5) is 32.6. The van der Waals surface area contributed by atoms with Crippen LogP contribution in [0, 0.1) is 6.92 Å². The van der Waals surface area contributed by atoms with Gasteiger partial charge < -0.3 is 14.8 Å². The Morgan fingerprint density at radius 1 is 1.11 bits per heavy atom. The van der Waals surface area contributed by atoms with Crippen molar-refractivity contribution in [1.29, 1.82) is 0 Å². The zero-order valence-electron chi connectivity index (χ0n) is 16.8. The van der Waals surface area contributed by atoms with Gasteiger partial charge in [-0.1, -0.05) is 25.1 Å². The van der Waals surface area contributed by atoms with E-state index in [4.69, 9.17) is 0 Å². The zero-order valence-corrected chi connectivity index (χ0v) is 16.8. The van der Waals surface area contributed by atoms with E-state index in [-0.39, 0.29) is 11.8 Å². The maximum atomic E-state index is 13.1. The molecule has 2 aromatic rings. The summed E-state index contributed by atoms with van der Waals surface area (Å²) >= 11 is 0. The number of nitrogens with one attached hydrogen (secondary N) is 1. The highest BCUT2D eigenvalue weighted by Gasteiger charge is 2.31. The summed E-state index contributed by atoms with van der Waals surface area (Å²) in [5.74, 6) is 0.113. The number of hydrogen-bond donors (Lipinski definition) is 1. The van der Waals surface area contributed by atoms with E-state index in [1.165, 1.54) is 0 Å². The van der Waals surface area contributed by atoms with Crippen LogP contribution >= 0.6 is 0 Å². The highest BCUT2D eigenvalue weighted by atomic mass is 16.2. The highest BCUT2D eigenvalue weighted by Crippen LogP contribution is 2.26. The van der Waals surface area contributed by atoms with Crippen LogP contribution in [0.5, 0.6) is 0 Å². The number of carbonyl (C=O) groups is 2. The van der Waals surface area contributed by atoms with Gasteiger partial charge in [-0.3, -0.25) is 9.59 Å². The maximum absolute atomic E-state index is 13.1. The molecule has 6 heteroatoms. The predicted octanol–water partition coefficient (Wildman–Crippen LogP) is 3.58. The van der Waals surface area contributed by atoms with Gasteiger partial charge in [-0.05, 0) is 56.6 Å². The largest absolute Gasteiger partial charge is 0.337 e. The van der Waals surface area contributed by atoms with Crippen molar-refractivity contribution in [2.45, 2.75) is 58.9 Å². The van der Waals surface area contributed by atoms with E-state index in [9.17, 15) is 9.59 Å². The average molecular weight is 380 g/mol. The number of aryl methyl sites for hydroxylation is 2. The molecule has 6 nitrogen and oxygen atoms in total. The quantitative estimate of drug-likeness (QED) is 0.882. The van der Waals surface area contributed by atoms with Crippen molar-refractivity contribution in [1.82, 2.24) is 14.5 Å². The fourth-order valence-electron chi connectivity index (χ4n) is 4.33. The van der Waals surface area contributed by atoms with Crippen molar-refractivity contribution >= 4 is 17.5 Å². The first-order valence-electron chi connectivity index (χ1n) is 10.4. The van der Waals surface area contributed by atoms with Crippen molar-refractivity contribution in [2.24, 2.45) is 0 Å². The molecular weight excluding hydrogens is 352 g/mol. The van der Waals surface area contributed by atoms with E-state index in [0.717, 1.165) is 80.7 Å². The van der Waals surface area contributed by atoms with Gasteiger partial charge in [-0.15, -0.1) is 0 Å². The molecule has 1 aromatic heterocycles. The van der Waals surface area contributed by atoms with Crippen LogP contribution in [0.1, 0.15) is 70.5 Å². The summed E-state index contributed by atoms with van der Waals surface area (Å²) in [6.07, 6.45) is 5.77. The summed E-state index contributed by atoms with van der Waals surface area (Å²) in [6.45, 7) is 6.39. The Balaban J connectivity index is 1.68. The molecule has 2 amide bonds. The smallest absolute Gasteiger partial charge is 0.291 e. The molecule has 0 saturated carbocycles. The molecule has 1 N–H and O–H groups in total. The normalized spacial score (nSPS) is 16.1. The number of hydrogen-bond acceptors (Lipinski definition) is 3. The lowest BCUT2D eigenvalue weighted by Crippen LogP contribution is -2.29. The second kappa shape index (κ2) is 7.78. The molecule has 2 aliphatic heterocycles. The van der Waals surface area contributed by atoms with Crippen LogP contribution in [0.2, 0.25) is 0 Å². The second-order valence-electron chi connectivity index (χ2n) is 7.76. The number of imidazole rings is 1. The summed E-state index contributed by atoms with van der Waals surface area (Å²) in [5, 5.41) is 3.07. The lowest BCUT2D eigenvalue weighted by molar-refractivity contribution is 0.0786. The number of amides is 2. The van der Waals surface area contributed by atoms with E-state index >= 15 is 0 Å². The number of benzene rings is 1. The lowest BCUT2D eigenvalue weighted by atomic mass is 10.1. The molecule has 3 heterocycles. The van der Waals surface area contributed by atoms with Crippen LogP contribution in [-0.2, 0) is 19.4 Å². The van der Waals surface area contributed by atoms with Crippen LogP contribution < -0.4 is 5.32 Å². The Bertz CT molecular complexity index is 910. The molecule has 0 atom stereocenters. The van der Waals surface area contributed by atoms with Crippen LogP contribution in [0.15, 0.2) is 18.2 Å². The van der Waals surface area contributed by atoms with Crippen LogP contribution in [0.3, 0.4) is 0 Å². The molecule has 0 radical (unpaired) electrons. The zero-order chi connectivity index (χ0) is 19.7. The number of likely N-dealkylation sites (tertiary alicyclic amines) is 1. The average Bonchev–Trinajstić information content (AvgIpc) is 3.37. The minimum Gasteiger partial charge on any atom is -0.337 e. The third kappa shape index (κ3) is 3.32. The van der Waals surface area contributed by atoms with Crippen LogP contribution in [-0.4, -0.2) is 39.4 Å². The predicted molar refractivity (Wildman–Crippen MR) is 109 cm³/mol. The van der Waals surface area contributed by atoms with E-state index < -0.39 is 0 Å². The fraction of sp³-hybridized carbons (Fsp3) is 0.500. The Morgan fingerprint density at radius 2 is 1.86 bits per heavy atom. The third-order valence-corrected chi connectivity index (χ3v) is 5.90. The second-order valence-corrected chi connectivity index (χ2v) is 7.76. The van der Waals surface area contributed by atoms with Crippen molar-refractivity contribution in [2.75, 3.05) is 18.4 Å². The van der Waals surface area contributed by atoms with Crippen molar-refractivity contribution in [3.8, 4) is 0 Å². The molecule has 0 aliphatic carbocycles. The summed E-state index contributed by atoms with van der Waals surface area (Å²) in [6, 6.07) is 6.04. The molecule has 28 heavy (non-hydrogen) atoms. The number of rotatable bonds is 4. The molecule has 0 bridgehead atoms. The summed E-state index contributed by atoms with van der Waals surface area (Å²) < 4.78 is 1.96. The van der Waals surface area contributed by atoms with Gasteiger partial charge >= 0.3 is 0 Å². The number of fused-ring (bicyclic) bond motifs is 1.